The summed E-state index contributed by atoms with van der Waals surface area (Å²) in [6.45, 7) is 8.51. The van der Waals surface area contributed by atoms with Crippen LogP contribution >= 0.6 is 0 Å². The molecular weight excluding hydrogens is 258 g/mol. The topological polar surface area (TPSA) is 28.2 Å². The largest absolute Gasteiger partial charge is 0.314 e. The van der Waals surface area contributed by atoms with Crippen LogP contribution in [-0.4, -0.2) is 36.1 Å². The predicted molar refractivity (Wildman–Crippen MR) is 86.4 cm³/mol. The SMILES string of the molecule is Cc1ccc(C(c2ccccc2C)N2CCNCC2)nc1. The number of hydrogen-bond donors (Lipinski definition) is 1. The van der Waals surface area contributed by atoms with E-state index in [9.17, 15) is 0 Å². The van der Waals surface area contributed by atoms with E-state index in [-0.39, 0.29) is 6.04 Å². The van der Waals surface area contributed by atoms with Crippen LogP contribution < -0.4 is 5.32 Å². The van der Waals surface area contributed by atoms with Crippen LogP contribution in [0.3, 0.4) is 0 Å². The molecule has 1 saturated heterocycles. The highest BCUT2D eigenvalue weighted by Gasteiger charge is 2.25. The van der Waals surface area contributed by atoms with Crippen molar-refractivity contribution < 1.29 is 0 Å². The van der Waals surface area contributed by atoms with Crippen LogP contribution in [0, 0.1) is 13.8 Å². The van der Waals surface area contributed by atoms with E-state index in [0.29, 0.717) is 0 Å². The van der Waals surface area contributed by atoms with Gasteiger partial charge in [-0.25, -0.2) is 0 Å². The first-order valence-electron chi connectivity index (χ1n) is 7.68. The Balaban J connectivity index is 2.01. The van der Waals surface area contributed by atoms with E-state index in [2.05, 4.69) is 60.5 Å². The third kappa shape index (κ3) is 3.14. The van der Waals surface area contributed by atoms with E-state index < -0.39 is 0 Å². The molecule has 0 bridgehead atoms. The minimum atomic E-state index is 0.258. The number of aromatic nitrogens is 1. The van der Waals surface area contributed by atoms with Crippen LogP contribution in [0.5, 0.6) is 0 Å². The summed E-state index contributed by atoms with van der Waals surface area (Å²) in [4.78, 5) is 7.25. The summed E-state index contributed by atoms with van der Waals surface area (Å²) in [5.41, 5.74) is 5.07. The number of nitrogens with zero attached hydrogens (tertiary/aromatic N) is 2. The molecule has 1 aliphatic heterocycles. The number of piperazine rings is 1. The average molecular weight is 281 g/mol. The van der Waals surface area contributed by atoms with E-state index in [4.69, 9.17) is 4.98 Å². The lowest BCUT2D eigenvalue weighted by atomic mass is 9.96. The van der Waals surface area contributed by atoms with Gasteiger partial charge in [-0.05, 0) is 36.6 Å². The van der Waals surface area contributed by atoms with E-state index in [1.807, 2.05) is 6.20 Å². The third-order valence-electron chi connectivity index (χ3n) is 4.21. The zero-order valence-corrected chi connectivity index (χ0v) is 12.8. The monoisotopic (exact) mass is 281 g/mol. The molecule has 3 heteroatoms. The van der Waals surface area contributed by atoms with Crippen molar-refractivity contribution in [3.05, 3.63) is 65.0 Å². The van der Waals surface area contributed by atoms with Gasteiger partial charge in [0.1, 0.15) is 0 Å². The van der Waals surface area contributed by atoms with E-state index >= 15 is 0 Å². The summed E-state index contributed by atoms with van der Waals surface area (Å²) in [6, 6.07) is 13.3. The molecule has 0 amide bonds. The summed E-state index contributed by atoms with van der Waals surface area (Å²) in [7, 11) is 0. The van der Waals surface area contributed by atoms with Gasteiger partial charge in [-0.15, -0.1) is 0 Å². The molecule has 1 atom stereocenters. The maximum atomic E-state index is 4.71. The fourth-order valence-electron chi connectivity index (χ4n) is 3.02. The van der Waals surface area contributed by atoms with Crippen LogP contribution in [0.1, 0.15) is 28.4 Å². The molecule has 0 saturated carbocycles. The Bertz CT molecular complexity index is 586. The van der Waals surface area contributed by atoms with Crippen molar-refractivity contribution in [2.24, 2.45) is 0 Å². The lowest BCUT2D eigenvalue weighted by Crippen LogP contribution is -2.45. The highest BCUT2D eigenvalue weighted by atomic mass is 15.2. The fourth-order valence-corrected chi connectivity index (χ4v) is 3.02. The molecule has 1 unspecified atom stereocenters. The number of pyridine rings is 1. The first-order valence-corrected chi connectivity index (χ1v) is 7.68. The Morgan fingerprint density at radius 2 is 1.81 bits per heavy atom. The van der Waals surface area contributed by atoms with Crippen molar-refractivity contribution >= 4 is 0 Å². The average Bonchev–Trinajstić information content (AvgIpc) is 2.52. The van der Waals surface area contributed by atoms with E-state index in [0.717, 1.165) is 31.9 Å². The fraction of sp³-hybridized carbons (Fsp3) is 0.389. The molecule has 0 radical (unpaired) electrons. The van der Waals surface area contributed by atoms with Crippen LogP contribution in [0.15, 0.2) is 42.6 Å². The van der Waals surface area contributed by atoms with Gasteiger partial charge in [0.15, 0.2) is 0 Å². The molecule has 1 aromatic carbocycles. The number of hydrogen-bond acceptors (Lipinski definition) is 3. The first kappa shape index (κ1) is 14.2. The Morgan fingerprint density at radius 3 is 2.48 bits per heavy atom. The highest BCUT2D eigenvalue weighted by molar-refractivity contribution is 5.35. The molecule has 1 N–H and O–H groups in total. The second-order valence-electron chi connectivity index (χ2n) is 5.81. The maximum Gasteiger partial charge on any atom is 0.0779 e. The van der Waals surface area contributed by atoms with Gasteiger partial charge in [0.2, 0.25) is 0 Å². The van der Waals surface area contributed by atoms with Crippen molar-refractivity contribution in [2.75, 3.05) is 26.2 Å². The van der Waals surface area contributed by atoms with E-state index in [1.54, 1.807) is 0 Å². The maximum absolute atomic E-state index is 4.71. The van der Waals surface area contributed by atoms with Gasteiger partial charge in [0, 0.05) is 32.4 Å². The zero-order chi connectivity index (χ0) is 14.7. The van der Waals surface area contributed by atoms with Crippen molar-refractivity contribution in [1.82, 2.24) is 15.2 Å². The molecular formula is C18H23N3. The molecule has 1 aromatic heterocycles. The van der Waals surface area contributed by atoms with E-state index in [1.165, 1.54) is 16.7 Å². The smallest absolute Gasteiger partial charge is 0.0779 e. The summed E-state index contributed by atoms with van der Waals surface area (Å²) in [5, 5.41) is 3.43. The number of rotatable bonds is 3. The molecule has 110 valence electrons. The molecule has 0 aliphatic carbocycles. The Kier molecular flexibility index (Phi) is 4.32. The minimum absolute atomic E-state index is 0.258. The van der Waals surface area contributed by atoms with Gasteiger partial charge < -0.3 is 5.32 Å². The van der Waals surface area contributed by atoms with Gasteiger partial charge in [0.25, 0.3) is 0 Å². The van der Waals surface area contributed by atoms with Gasteiger partial charge >= 0.3 is 0 Å². The van der Waals surface area contributed by atoms with Crippen molar-refractivity contribution in [3.63, 3.8) is 0 Å². The molecule has 3 nitrogen and oxygen atoms in total. The summed E-state index contributed by atoms with van der Waals surface area (Å²) >= 11 is 0. The number of benzene rings is 1. The summed E-state index contributed by atoms with van der Waals surface area (Å²) in [5.74, 6) is 0. The predicted octanol–water partition coefficient (Wildman–Crippen LogP) is 2.69. The second-order valence-corrected chi connectivity index (χ2v) is 5.81. The molecule has 1 aliphatic rings. The first-order chi connectivity index (χ1) is 10.3. The van der Waals surface area contributed by atoms with Crippen LogP contribution in [0.25, 0.3) is 0 Å². The Labute approximate surface area is 127 Å². The molecule has 21 heavy (non-hydrogen) atoms. The lowest BCUT2D eigenvalue weighted by Gasteiger charge is -2.35. The minimum Gasteiger partial charge on any atom is -0.314 e. The van der Waals surface area contributed by atoms with Crippen molar-refractivity contribution in [3.8, 4) is 0 Å². The standard InChI is InChI=1S/C18H23N3/c1-14-7-8-17(20-13-14)18(21-11-9-19-10-12-21)16-6-4-3-5-15(16)2/h3-8,13,18-19H,9-12H2,1-2H3. The third-order valence-corrected chi connectivity index (χ3v) is 4.21. The number of nitrogens with one attached hydrogen (secondary N) is 1. The molecule has 2 heterocycles. The Hall–Kier alpha value is -1.71. The zero-order valence-electron chi connectivity index (χ0n) is 12.8. The Morgan fingerprint density at radius 1 is 1.05 bits per heavy atom. The van der Waals surface area contributed by atoms with Gasteiger partial charge in [0.05, 0.1) is 11.7 Å². The normalized spacial score (nSPS) is 17.6. The lowest BCUT2D eigenvalue weighted by molar-refractivity contribution is 0.195. The summed E-state index contributed by atoms with van der Waals surface area (Å²) in [6.07, 6.45) is 1.98. The van der Waals surface area contributed by atoms with Crippen LogP contribution in [0.4, 0.5) is 0 Å². The van der Waals surface area contributed by atoms with Gasteiger partial charge in [-0.2, -0.15) is 0 Å². The summed E-state index contributed by atoms with van der Waals surface area (Å²) < 4.78 is 0. The molecule has 2 aromatic rings. The molecule has 1 fully saturated rings. The van der Waals surface area contributed by atoms with Gasteiger partial charge in [-0.1, -0.05) is 30.3 Å². The van der Waals surface area contributed by atoms with Crippen LogP contribution in [0.2, 0.25) is 0 Å². The number of aryl methyl sites for hydroxylation is 2. The molecule has 0 spiro atoms. The van der Waals surface area contributed by atoms with Gasteiger partial charge in [-0.3, -0.25) is 9.88 Å². The molecule has 3 rings (SSSR count). The quantitative estimate of drug-likeness (QED) is 0.937. The van der Waals surface area contributed by atoms with Crippen LogP contribution in [-0.2, 0) is 0 Å². The second kappa shape index (κ2) is 6.37. The highest BCUT2D eigenvalue weighted by Crippen LogP contribution is 2.29. The van der Waals surface area contributed by atoms with Crippen molar-refractivity contribution in [1.29, 1.82) is 0 Å². The van der Waals surface area contributed by atoms with Crippen molar-refractivity contribution in [2.45, 2.75) is 19.9 Å².